The quantitative estimate of drug-likeness (QED) is 0.607. The molecule has 1 aliphatic carbocycles. The maximum absolute atomic E-state index is 3.44. The van der Waals surface area contributed by atoms with E-state index < -0.39 is 0 Å². The molecule has 0 aromatic carbocycles. The first-order valence-electron chi connectivity index (χ1n) is 3.99. The average Bonchev–Trinajstić information content (AvgIpc) is 2.47. The highest BCUT2D eigenvalue weighted by atomic mass is 14.9. The van der Waals surface area contributed by atoms with Crippen molar-refractivity contribution in [3.63, 3.8) is 0 Å². The third kappa shape index (κ3) is 1.68. The Morgan fingerprint density at radius 3 is 2.56 bits per heavy atom. The molecule has 0 aliphatic heterocycles. The molecule has 1 saturated carbocycles. The standard InChI is InChI=1S/C8H17N/c1-4-9-7(3)8-5-6(8)2/h6-9H,4-5H2,1-3H3/t6?,7?,8-/m1/s1. The van der Waals surface area contributed by atoms with Crippen LogP contribution in [0.25, 0.3) is 0 Å². The zero-order valence-corrected chi connectivity index (χ0v) is 6.65. The van der Waals surface area contributed by atoms with Crippen molar-refractivity contribution in [2.45, 2.75) is 33.2 Å². The predicted octanol–water partition coefficient (Wildman–Crippen LogP) is 1.64. The van der Waals surface area contributed by atoms with E-state index in [9.17, 15) is 0 Å². The van der Waals surface area contributed by atoms with E-state index in [4.69, 9.17) is 0 Å². The van der Waals surface area contributed by atoms with Gasteiger partial charge in [-0.3, -0.25) is 0 Å². The molecule has 9 heavy (non-hydrogen) atoms. The van der Waals surface area contributed by atoms with Crippen molar-refractivity contribution in [3.05, 3.63) is 0 Å². The first-order chi connectivity index (χ1) is 4.25. The fourth-order valence-corrected chi connectivity index (χ4v) is 1.52. The van der Waals surface area contributed by atoms with E-state index in [0.29, 0.717) is 0 Å². The summed E-state index contributed by atoms with van der Waals surface area (Å²) in [4.78, 5) is 0. The Morgan fingerprint density at radius 2 is 2.22 bits per heavy atom. The van der Waals surface area contributed by atoms with Crippen LogP contribution in [-0.4, -0.2) is 12.6 Å². The van der Waals surface area contributed by atoms with E-state index in [1.165, 1.54) is 6.42 Å². The minimum absolute atomic E-state index is 0.755. The van der Waals surface area contributed by atoms with E-state index in [1.807, 2.05) is 0 Å². The summed E-state index contributed by atoms with van der Waals surface area (Å²) in [6.45, 7) is 7.91. The van der Waals surface area contributed by atoms with Crippen LogP contribution in [0.1, 0.15) is 27.2 Å². The Morgan fingerprint density at radius 1 is 1.67 bits per heavy atom. The Balaban J connectivity index is 2.11. The molecule has 0 heterocycles. The fraction of sp³-hybridized carbons (Fsp3) is 1.00. The van der Waals surface area contributed by atoms with Crippen LogP contribution in [0.5, 0.6) is 0 Å². The summed E-state index contributed by atoms with van der Waals surface area (Å²) in [6, 6.07) is 0.755. The van der Waals surface area contributed by atoms with Gasteiger partial charge >= 0.3 is 0 Å². The molecule has 0 saturated heterocycles. The molecule has 1 heteroatoms. The van der Waals surface area contributed by atoms with Crippen molar-refractivity contribution >= 4 is 0 Å². The maximum Gasteiger partial charge on any atom is 0.00695 e. The highest BCUT2D eigenvalue weighted by Crippen LogP contribution is 2.40. The van der Waals surface area contributed by atoms with Gasteiger partial charge in [-0.1, -0.05) is 13.8 Å². The number of nitrogens with one attached hydrogen (secondary N) is 1. The molecule has 3 atom stereocenters. The van der Waals surface area contributed by atoms with Gasteiger partial charge in [-0.05, 0) is 31.7 Å². The molecule has 0 aromatic rings. The van der Waals surface area contributed by atoms with Crippen LogP contribution in [0.2, 0.25) is 0 Å². The second-order valence-corrected chi connectivity index (χ2v) is 3.22. The lowest BCUT2D eigenvalue weighted by Crippen LogP contribution is -2.27. The largest absolute Gasteiger partial charge is 0.314 e. The molecule has 1 fully saturated rings. The SMILES string of the molecule is CCNC(C)[C@@H]1CC1C. The summed E-state index contributed by atoms with van der Waals surface area (Å²) >= 11 is 0. The van der Waals surface area contributed by atoms with Gasteiger partial charge in [0.15, 0.2) is 0 Å². The highest BCUT2D eigenvalue weighted by Gasteiger charge is 2.36. The van der Waals surface area contributed by atoms with Crippen molar-refractivity contribution in [1.29, 1.82) is 0 Å². The Bertz CT molecular complexity index is 90.6. The van der Waals surface area contributed by atoms with E-state index >= 15 is 0 Å². The first-order valence-corrected chi connectivity index (χ1v) is 3.99. The van der Waals surface area contributed by atoms with Crippen LogP contribution in [-0.2, 0) is 0 Å². The van der Waals surface area contributed by atoms with Crippen LogP contribution in [0.3, 0.4) is 0 Å². The Hall–Kier alpha value is -0.0400. The summed E-state index contributed by atoms with van der Waals surface area (Å²) in [5.74, 6) is 1.96. The molecule has 2 unspecified atom stereocenters. The van der Waals surface area contributed by atoms with Crippen molar-refractivity contribution in [3.8, 4) is 0 Å². The lowest BCUT2D eigenvalue weighted by Gasteiger charge is -2.09. The predicted molar refractivity (Wildman–Crippen MR) is 40.4 cm³/mol. The van der Waals surface area contributed by atoms with Crippen LogP contribution in [0, 0.1) is 11.8 Å². The Kier molecular flexibility index (Phi) is 2.12. The number of rotatable bonds is 3. The summed E-state index contributed by atoms with van der Waals surface area (Å²) in [5, 5.41) is 3.44. The second-order valence-electron chi connectivity index (χ2n) is 3.22. The lowest BCUT2D eigenvalue weighted by molar-refractivity contribution is 0.491. The van der Waals surface area contributed by atoms with Gasteiger partial charge in [-0.15, -0.1) is 0 Å². The van der Waals surface area contributed by atoms with Gasteiger partial charge in [0.05, 0.1) is 0 Å². The molecule has 0 amide bonds. The molecule has 1 aliphatic rings. The molecule has 0 bridgehead atoms. The van der Waals surface area contributed by atoms with E-state index in [0.717, 1.165) is 24.4 Å². The maximum atomic E-state index is 3.44. The van der Waals surface area contributed by atoms with Crippen molar-refractivity contribution in [2.75, 3.05) is 6.54 Å². The monoisotopic (exact) mass is 127 g/mol. The van der Waals surface area contributed by atoms with Gasteiger partial charge in [-0.2, -0.15) is 0 Å². The molecular formula is C8H17N. The third-order valence-electron chi connectivity index (χ3n) is 2.34. The summed E-state index contributed by atoms with van der Waals surface area (Å²) < 4.78 is 0. The van der Waals surface area contributed by atoms with Gasteiger partial charge in [0.1, 0.15) is 0 Å². The number of hydrogen-bond acceptors (Lipinski definition) is 1. The van der Waals surface area contributed by atoms with Crippen molar-refractivity contribution in [1.82, 2.24) is 5.32 Å². The highest BCUT2D eigenvalue weighted by molar-refractivity contribution is 4.89. The van der Waals surface area contributed by atoms with Gasteiger partial charge in [0.25, 0.3) is 0 Å². The van der Waals surface area contributed by atoms with Crippen molar-refractivity contribution in [2.24, 2.45) is 11.8 Å². The number of hydrogen-bond donors (Lipinski definition) is 1. The molecule has 0 aromatic heterocycles. The zero-order chi connectivity index (χ0) is 6.85. The normalized spacial score (nSPS) is 36.3. The smallest absolute Gasteiger partial charge is 0.00695 e. The van der Waals surface area contributed by atoms with Gasteiger partial charge in [0, 0.05) is 6.04 Å². The molecule has 0 radical (unpaired) electrons. The molecule has 1 rings (SSSR count). The second kappa shape index (κ2) is 2.70. The molecular weight excluding hydrogens is 110 g/mol. The fourth-order valence-electron chi connectivity index (χ4n) is 1.52. The van der Waals surface area contributed by atoms with Crippen LogP contribution in [0.4, 0.5) is 0 Å². The van der Waals surface area contributed by atoms with E-state index in [-0.39, 0.29) is 0 Å². The lowest BCUT2D eigenvalue weighted by atomic mass is 10.2. The van der Waals surface area contributed by atoms with Gasteiger partial charge in [0.2, 0.25) is 0 Å². The molecule has 1 N–H and O–H groups in total. The summed E-state index contributed by atoms with van der Waals surface area (Å²) in [6.07, 6.45) is 1.44. The van der Waals surface area contributed by atoms with E-state index in [2.05, 4.69) is 26.1 Å². The molecule has 1 nitrogen and oxygen atoms in total. The zero-order valence-electron chi connectivity index (χ0n) is 6.65. The van der Waals surface area contributed by atoms with Gasteiger partial charge in [-0.25, -0.2) is 0 Å². The summed E-state index contributed by atoms with van der Waals surface area (Å²) in [7, 11) is 0. The minimum Gasteiger partial charge on any atom is -0.314 e. The summed E-state index contributed by atoms with van der Waals surface area (Å²) in [5.41, 5.74) is 0. The molecule has 0 spiro atoms. The van der Waals surface area contributed by atoms with Crippen LogP contribution < -0.4 is 5.32 Å². The van der Waals surface area contributed by atoms with E-state index in [1.54, 1.807) is 0 Å². The van der Waals surface area contributed by atoms with Crippen molar-refractivity contribution < 1.29 is 0 Å². The Labute approximate surface area is 57.8 Å². The topological polar surface area (TPSA) is 12.0 Å². The first kappa shape index (κ1) is 7.07. The molecule has 54 valence electrons. The van der Waals surface area contributed by atoms with Gasteiger partial charge < -0.3 is 5.32 Å². The average molecular weight is 127 g/mol. The van der Waals surface area contributed by atoms with Crippen LogP contribution >= 0.6 is 0 Å². The third-order valence-corrected chi connectivity index (χ3v) is 2.34. The minimum atomic E-state index is 0.755. The van der Waals surface area contributed by atoms with Crippen LogP contribution in [0.15, 0.2) is 0 Å².